The first-order chi connectivity index (χ1) is 7.25. The fraction of sp³-hybridized carbons (Fsp3) is 0.500. The quantitative estimate of drug-likeness (QED) is 0.795. The van der Waals surface area contributed by atoms with Gasteiger partial charge in [-0.3, -0.25) is 0 Å². The van der Waals surface area contributed by atoms with Gasteiger partial charge in [0, 0.05) is 6.61 Å². The van der Waals surface area contributed by atoms with Crippen molar-refractivity contribution in [2.45, 2.75) is 18.9 Å². The number of carbonyl (C=O) groups is 1. The molecule has 2 heterocycles. The third kappa shape index (κ3) is 2.82. The van der Waals surface area contributed by atoms with Crippen molar-refractivity contribution in [3.05, 3.63) is 22.6 Å². The third-order valence-corrected chi connectivity index (χ3v) is 2.62. The number of hydrogen-bond acceptors (Lipinski definition) is 4. The van der Waals surface area contributed by atoms with Crippen LogP contribution in [-0.2, 0) is 9.47 Å². The number of halogens is 1. The summed E-state index contributed by atoms with van der Waals surface area (Å²) >= 11 is 3.12. The van der Waals surface area contributed by atoms with Crippen LogP contribution in [0.1, 0.15) is 23.4 Å². The molecule has 0 aliphatic carbocycles. The first kappa shape index (κ1) is 10.7. The molecular weight excluding hydrogens is 264 g/mol. The Kier molecular flexibility index (Phi) is 3.43. The average molecular weight is 275 g/mol. The highest BCUT2D eigenvalue weighted by Gasteiger charge is 2.19. The van der Waals surface area contributed by atoms with Crippen LogP contribution in [-0.4, -0.2) is 25.3 Å². The predicted octanol–water partition coefficient (Wildman–Crippen LogP) is 2.38. The summed E-state index contributed by atoms with van der Waals surface area (Å²) in [7, 11) is 0. The van der Waals surface area contributed by atoms with Gasteiger partial charge in [-0.25, -0.2) is 4.79 Å². The fourth-order valence-corrected chi connectivity index (χ4v) is 1.75. The molecule has 0 spiro atoms. The number of ether oxygens (including phenoxy) is 2. The van der Waals surface area contributed by atoms with Crippen molar-refractivity contribution in [1.29, 1.82) is 0 Å². The molecule has 82 valence electrons. The smallest absolute Gasteiger partial charge is 0.374 e. The maximum absolute atomic E-state index is 11.4. The van der Waals surface area contributed by atoms with Crippen molar-refractivity contribution in [2.24, 2.45) is 0 Å². The molecule has 0 N–H and O–H groups in total. The van der Waals surface area contributed by atoms with Gasteiger partial charge in [0.15, 0.2) is 4.67 Å². The maximum atomic E-state index is 11.4. The second kappa shape index (κ2) is 4.81. The van der Waals surface area contributed by atoms with Gasteiger partial charge in [-0.05, 0) is 40.9 Å². The van der Waals surface area contributed by atoms with E-state index in [1.54, 1.807) is 12.1 Å². The number of furan rings is 1. The Morgan fingerprint density at radius 2 is 2.47 bits per heavy atom. The van der Waals surface area contributed by atoms with E-state index in [2.05, 4.69) is 15.9 Å². The molecule has 0 bridgehead atoms. The zero-order valence-electron chi connectivity index (χ0n) is 8.07. The molecule has 0 saturated carbocycles. The molecule has 1 unspecified atom stereocenters. The first-order valence-electron chi connectivity index (χ1n) is 4.80. The van der Waals surface area contributed by atoms with E-state index in [1.165, 1.54) is 0 Å². The number of hydrogen-bond donors (Lipinski definition) is 0. The fourth-order valence-electron chi connectivity index (χ4n) is 1.44. The summed E-state index contributed by atoms with van der Waals surface area (Å²) in [6, 6.07) is 3.23. The highest BCUT2D eigenvalue weighted by molar-refractivity contribution is 9.10. The molecule has 1 aliphatic heterocycles. The van der Waals surface area contributed by atoms with Gasteiger partial charge in [0.2, 0.25) is 5.76 Å². The minimum Gasteiger partial charge on any atom is -0.457 e. The van der Waals surface area contributed by atoms with Crippen LogP contribution in [0.3, 0.4) is 0 Å². The lowest BCUT2D eigenvalue weighted by molar-refractivity contribution is 0.0135. The molecule has 2 rings (SSSR count). The molecule has 4 nitrogen and oxygen atoms in total. The largest absolute Gasteiger partial charge is 0.457 e. The van der Waals surface area contributed by atoms with E-state index in [9.17, 15) is 4.79 Å². The van der Waals surface area contributed by atoms with Gasteiger partial charge in [0.05, 0.1) is 6.10 Å². The van der Waals surface area contributed by atoms with E-state index < -0.39 is 5.97 Å². The van der Waals surface area contributed by atoms with E-state index in [0.29, 0.717) is 11.3 Å². The summed E-state index contributed by atoms with van der Waals surface area (Å²) in [6.45, 7) is 1.06. The Bertz CT molecular complexity index is 341. The molecule has 15 heavy (non-hydrogen) atoms. The molecule has 0 radical (unpaired) electrons. The highest BCUT2D eigenvalue weighted by Crippen LogP contribution is 2.16. The van der Waals surface area contributed by atoms with Gasteiger partial charge in [-0.1, -0.05) is 0 Å². The summed E-state index contributed by atoms with van der Waals surface area (Å²) in [6.07, 6.45) is 2.04. The zero-order chi connectivity index (χ0) is 10.7. The van der Waals surface area contributed by atoms with Crippen LogP contribution in [0, 0.1) is 0 Å². The Morgan fingerprint density at radius 1 is 1.60 bits per heavy atom. The van der Waals surface area contributed by atoms with Crippen LogP contribution < -0.4 is 0 Å². The Morgan fingerprint density at radius 3 is 3.07 bits per heavy atom. The summed E-state index contributed by atoms with van der Waals surface area (Å²) in [4.78, 5) is 11.4. The van der Waals surface area contributed by atoms with Crippen LogP contribution in [0.15, 0.2) is 21.2 Å². The molecule has 1 aliphatic rings. The van der Waals surface area contributed by atoms with E-state index in [0.717, 1.165) is 19.4 Å². The molecular formula is C10H11BrO4. The highest BCUT2D eigenvalue weighted by atomic mass is 79.9. The van der Waals surface area contributed by atoms with Gasteiger partial charge in [-0.2, -0.15) is 0 Å². The van der Waals surface area contributed by atoms with Crippen LogP contribution in [0.25, 0.3) is 0 Å². The Labute approximate surface area is 95.7 Å². The van der Waals surface area contributed by atoms with E-state index in [-0.39, 0.29) is 11.9 Å². The monoisotopic (exact) mass is 274 g/mol. The van der Waals surface area contributed by atoms with E-state index >= 15 is 0 Å². The molecule has 1 aromatic rings. The number of esters is 1. The SMILES string of the molecule is O=C(OCC1CCCO1)c1ccc(Br)o1. The van der Waals surface area contributed by atoms with Gasteiger partial charge >= 0.3 is 5.97 Å². The topological polar surface area (TPSA) is 48.7 Å². The van der Waals surface area contributed by atoms with Crippen molar-refractivity contribution in [3.63, 3.8) is 0 Å². The molecule has 1 atom stereocenters. The standard InChI is InChI=1S/C10H11BrO4/c11-9-4-3-8(15-9)10(12)14-6-7-2-1-5-13-7/h3-4,7H,1-2,5-6H2. The van der Waals surface area contributed by atoms with Crippen LogP contribution >= 0.6 is 15.9 Å². The summed E-state index contributed by atoms with van der Waals surface area (Å²) in [5.74, 6) is -0.240. The molecule has 1 aromatic heterocycles. The van der Waals surface area contributed by atoms with Gasteiger partial charge in [0.25, 0.3) is 0 Å². The maximum Gasteiger partial charge on any atom is 0.374 e. The van der Waals surface area contributed by atoms with Crippen LogP contribution in [0.2, 0.25) is 0 Å². The van der Waals surface area contributed by atoms with Crippen LogP contribution in [0.5, 0.6) is 0 Å². The minimum absolute atomic E-state index is 0.0485. The lowest BCUT2D eigenvalue weighted by Gasteiger charge is -2.08. The lowest BCUT2D eigenvalue weighted by atomic mass is 10.2. The normalized spacial score (nSPS) is 20.5. The molecule has 1 saturated heterocycles. The third-order valence-electron chi connectivity index (χ3n) is 2.20. The molecule has 0 amide bonds. The summed E-state index contributed by atoms with van der Waals surface area (Å²) in [5, 5.41) is 0. The zero-order valence-corrected chi connectivity index (χ0v) is 9.66. The van der Waals surface area contributed by atoms with E-state index in [4.69, 9.17) is 13.9 Å². The Balaban J connectivity index is 1.81. The van der Waals surface area contributed by atoms with Gasteiger partial charge in [0.1, 0.15) is 6.61 Å². The van der Waals surface area contributed by atoms with Crippen molar-refractivity contribution >= 4 is 21.9 Å². The second-order valence-electron chi connectivity index (χ2n) is 3.34. The average Bonchev–Trinajstić information content (AvgIpc) is 2.84. The predicted molar refractivity (Wildman–Crippen MR) is 55.7 cm³/mol. The van der Waals surface area contributed by atoms with Crippen LogP contribution in [0.4, 0.5) is 0 Å². The van der Waals surface area contributed by atoms with Crippen molar-refractivity contribution in [1.82, 2.24) is 0 Å². The lowest BCUT2D eigenvalue weighted by Crippen LogP contribution is -2.17. The van der Waals surface area contributed by atoms with Crippen molar-refractivity contribution in [2.75, 3.05) is 13.2 Å². The first-order valence-corrected chi connectivity index (χ1v) is 5.59. The molecule has 1 fully saturated rings. The second-order valence-corrected chi connectivity index (χ2v) is 4.12. The van der Waals surface area contributed by atoms with Crippen molar-refractivity contribution in [3.8, 4) is 0 Å². The molecule has 5 heteroatoms. The number of carbonyl (C=O) groups excluding carboxylic acids is 1. The van der Waals surface area contributed by atoms with Gasteiger partial charge < -0.3 is 13.9 Å². The number of rotatable bonds is 3. The summed E-state index contributed by atoms with van der Waals surface area (Å²) < 4.78 is 16.0. The molecule has 0 aromatic carbocycles. The van der Waals surface area contributed by atoms with Gasteiger partial charge in [-0.15, -0.1) is 0 Å². The minimum atomic E-state index is -0.448. The van der Waals surface area contributed by atoms with E-state index in [1.807, 2.05) is 0 Å². The Hall–Kier alpha value is -0.810. The van der Waals surface area contributed by atoms with Crippen molar-refractivity contribution < 1.29 is 18.7 Å². The summed E-state index contributed by atoms with van der Waals surface area (Å²) in [5.41, 5.74) is 0.